The minimum absolute atomic E-state index is 0.0831. The lowest BCUT2D eigenvalue weighted by molar-refractivity contribution is -0.153. The topological polar surface area (TPSA) is 93.7 Å². The third-order valence-electron chi connectivity index (χ3n) is 4.43. The van der Waals surface area contributed by atoms with E-state index >= 15 is 0 Å². The predicted octanol–water partition coefficient (Wildman–Crippen LogP) is 2.98. The van der Waals surface area contributed by atoms with Crippen molar-refractivity contribution in [2.24, 2.45) is 0 Å². The zero-order valence-electron chi connectivity index (χ0n) is 15.5. The number of halogens is 1. The van der Waals surface area contributed by atoms with E-state index in [1.807, 2.05) is 0 Å². The second-order valence-electron chi connectivity index (χ2n) is 6.56. The number of amides is 3. The Morgan fingerprint density at radius 2 is 1.93 bits per heavy atom. The number of methoxy groups -OCH3 is 1. The molecule has 0 radical (unpaired) electrons. The Labute approximate surface area is 163 Å². The normalized spacial score (nSPS) is 15.5. The van der Waals surface area contributed by atoms with Crippen molar-refractivity contribution >= 4 is 29.5 Å². The van der Waals surface area contributed by atoms with E-state index in [9.17, 15) is 14.4 Å². The van der Waals surface area contributed by atoms with Crippen LogP contribution < -0.4 is 15.4 Å². The number of hydrogen-bond donors (Lipinski definition) is 2. The SMILES string of the molecule is COc1ccc(Cl)cc1CC(=O)O[C@H](C)C(=O)NC(=O)NC1CCCCC1. The van der Waals surface area contributed by atoms with Crippen molar-refractivity contribution in [2.45, 2.75) is 57.6 Å². The molecule has 1 aliphatic rings. The van der Waals surface area contributed by atoms with Crippen molar-refractivity contribution in [1.29, 1.82) is 0 Å². The first-order chi connectivity index (χ1) is 12.9. The predicted molar refractivity (Wildman–Crippen MR) is 101 cm³/mol. The molecule has 1 aromatic carbocycles. The molecule has 0 aliphatic heterocycles. The number of carbonyl (C=O) groups is 3. The molecule has 1 aromatic rings. The molecule has 0 bridgehead atoms. The monoisotopic (exact) mass is 396 g/mol. The van der Waals surface area contributed by atoms with Crippen LogP contribution in [0.5, 0.6) is 5.75 Å². The Morgan fingerprint density at radius 3 is 2.59 bits per heavy atom. The molecular weight excluding hydrogens is 372 g/mol. The molecule has 2 rings (SSSR count). The zero-order valence-corrected chi connectivity index (χ0v) is 16.3. The molecule has 1 fully saturated rings. The van der Waals surface area contributed by atoms with Gasteiger partial charge in [-0.05, 0) is 38.0 Å². The number of benzene rings is 1. The van der Waals surface area contributed by atoms with Gasteiger partial charge in [0.05, 0.1) is 13.5 Å². The third kappa shape index (κ3) is 6.75. The van der Waals surface area contributed by atoms with Gasteiger partial charge in [0.25, 0.3) is 5.91 Å². The molecule has 0 heterocycles. The molecule has 0 unspecified atom stereocenters. The fourth-order valence-corrected chi connectivity index (χ4v) is 3.21. The van der Waals surface area contributed by atoms with Crippen molar-refractivity contribution in [3.05, 3.63) is 28.8 Å². The van der Waals surface area contributed by atoms with Gasteiger partial charge in [0, 0.05) is 16.6 Å². The quantitative estimate of drug-likeness (QED) is 0.721. The summed E-state index contributed by atoms with van der Waals surface area (Å²) in [5.41, 5.74) is 0.553. The first-order valence-corrected chi connectivity index (χ1v) is 9.40. The second-order valence-corrected chi connectivity index (χ2v) is 7.00. The number of rotatable bonds is 6. The Kier molecular flexibility index (Phi) is 7.91. The van der Waals surface area contributed by atoms with Gasteiger partial charge in [0.15, 0.2) is 6.10 Å². The largest absolute Gasteiger partial charge is 0.496 e. The van der Waals surface area contributed by atoms with Gasteiger partial charge in [-0.1, -0.05) is 30.9 Å². The minimum Gasteiger partial charge on any atom is -0.496 e. The summed E-state index contributed by atoms with van der Waals surface area (Å²) in [5, 5.41) is 5.45. The van der Waals surface area contributed by atoms with Crippen LogP contribution in [-0.4, -0.2) is 37.2 Å². The summed E-state index contributed by atoms with van der Waals surface area (Å²) in [6.45, 7) is 1.41. The van der Waals surface area contributed by atoms with Gasteiger partial charge < -0.3 is 14.8 Å². The Balaban J connectivity index is 1.81. The van der Waals surface area contributed by atoms with Crippen LogP contribution in [0.15, 0.2) is 18.2 Å². The Bertz CT molecular complexity index is 689. The molecular formula is C19H25ClN2O5. The van der Waals surface area contributed by atoms with Crippen molar-refractivity contribution in [3.63, 3.8) is 0 Å². The maximum atomic E-state index is 12.1. The van der Waals surface area contributed by atoms with Crippen LogP contribution in [0, 0.1) is 0 Å². The molecule has 3 amide bonds. The van der Waals surface area contributed by atoms with E-state index in [2.05, 4.69) is 10.6 Å². The molecule has 7 nitrogen and oxygen atoms in total. The maximum Gasteiger partial charge on any atom is 0.321 e. The van der Waals surface area contributed by atoms with E-state index in [0.717, 1.165) is 25.7 Å². The fourth-order valence-electron chi connectivity index (χ4n) is 3.02. The number of esters is 1. The standard InChI is InChI=1S/C19H25ClN2O5/c1-12(18(24)22-19(25)21-15-6-4-3-5-7-15)27-17(23)11-13-10-14(20)8-9-16(13)26-2/h8-10,12,15H,3-7,11H2,1-2H3,(H2,21,22,24,25)/t12-/m1/s1. The van der Waals surface area contributed by atoms with Crippen LogP contribution in [0.25, 0.3) is 0 Å². The van der Waals surface area contributed by atoms with Crippen LogP contribution in [0.2, 0.25) is 5.02 Å². The van der Waals surface area contributed by atoms with Crippen LogP contribution in [-0.2, 0) is 20.7 Å². The third-order valence-corrected chi connectivity index (χ3v) is 4.67. The van der Waals surface area contributed by atoms with E-state index < -0.39 is 24.0 Å². The average Bonchev–Trinajstić information content (AvgIpc) is 2.62. The van der Waals surface area contributed by atoms with Gasteiger partial charge in [-0.25, -0.2) is 4.79 Å². The number of urea groups is 1. The van der Waals surface area contributed by atoms with E-state index in [1.165, 1.54) is 20.5 Å². The molecule has 1 saturated carbocycles. The lowest BCUT2D eigenvalue weighted by atomic mass is 9.96. The number of nitrogens with one attached hydrogen (secondary N) is 2. The van der Waals surface area contributed by atoms with Crippen LogP contribution in [0.1, 0.15) is 44.6 Å². The van der Waals surface area contributed by atoms with Gasteiger partial charge in [0.1, 0.15) is 5.75 Å². The molecule has 148 valence electrons. The van der Waals surface area contributed by atoms with Crippen molar-refractivity contribution < 1.29 is 23.9 Å². The number of imide groups is 1. The molecule has 1 atom stereocenters. The van der Waals surface area contributed by atoms with E-state index in [4.69, 9.17) is 21.1 Å². The molecule has 0 spiro atoms. The molecule has 27 heavy (non-hydrogen) atoms. The van der Waals surface area contributed by atoms with Gasteiger partial charge in [-0.15, -0.1) is 0 Å². The van der Waals surface area contributed by atoms with Gasteiger partial charge >= 0.3 is 12.0 Å². The van der Waals surface area contributed by atoms with Crippen LogP contribution >= 0.6 is 11.6 Å². The first-order valence-electron chi connectivity index (χ1n) is 9.02. The van der Waals surface area contributed by atoms with E-state index in [-0.39, 0.29) is 12.5 Å². The lowest BCUT2D eigenvalue weighted by Crippen LogP contribution is -2.48. The maximum absolute atomic E-state index is 12.1. The number of ether oxygens (including phenoxy) is 2. The Morgan fingerprint density at radius 1 is 1.22 bits per heavy atom. The number of carbonyl (C=O) groups excluding carboxylic acids is 3. The second kappa shape index (κ2) is 10.2. The van der Waals surface area contributed by atoms with Crippen molar-refractivity contribution in [2.75, 3.05) is 7.11 Å². The zero-order chi connectivity index (χ0) is 19.8. The molecule has 0 saturated heterocycles. The van der Waals surface area contributed by atoms with E-state index in [0.29, 0.717) is 16.3 Å². The van der Waals surface area contributed by atoms with Crippen LogP contribution in [0.3, 0.4) is 0 Å². The van der Waals surface area contributed by atoms with Crippen LogP contribution in [0.4, 0.5) is 4.79 Å². The van der Waals surface area contributed by atoms with Gasteiger partial charge in [0.2, 0.25) is 0 Å². The summed E-state index contributed by atoms with van der Waals surface area (Å²) in [7, 11) is 1.49. The highest BCUT2D eigenvalue weighted by molar-refractivity contribution is 6.30. The minimum atomic E-state index is -1.10. The summed E-state index contributed by atoms with van der Waals surface area (Å²) < 4.78 is 10.3. The summed E-state index contributed by atoms with van der Waals surface area (Å²) >= 11 is 5.93. The highest BCUT2D eigenvalue weighted by atomic mass is 35.5. The molecule has 1 aliphatic carbocycles. The highest BCUT2D eigenvalue weighted by Crippen LogP contribution is 2.23. The van der Waals surface area contributed by atoms with Crippen molar-refractivity contribution in [3.8, 4) is 5.75 Å². The summed E-state index contributed by atoms with van der Waals surface area (Å²) in [5.74, 6) is -0.791. The summed E-state index contributed by atoms with van der Waals surface area (Å²) in [6, 6.07) is 4.42. The molecule has 8 heteroatoms. The lowest BCUT2D eigenvalue weighted by Gasteiger charge is -2.23. The fraction of sp³-hybridized carbons (Fsp3) is 0.526. The smallest absolute Gasteiger partial charge is 0.321 e. The first kappa shape index (κ1) is 21.0. The van der Waals surface area contributed by atoms with Gasteiger partial charge in [-0.3, -0.25) is 14.9 Å². The van der Waals surface area contributed by atoms with E-state index in [1.54, 1.807) is 18.2 Å². The molecule has 2 N–H and O–H groups in total. The molecule has 0 aromatic heterocycles. The average molecular weight is 397 g/mol. The summed E-state index contributed by atoms with van der Waals surface area (Å²) in [4.78, 5) is 36.1. The summed E-state index contributed by atoms with van der Waals surface area (Å²) in [6.07, 6.45) is 3.93. The Hall–Kier alpha value is -2.28. The van der Waals surface area contributed by atoms with Crippen molar-refractivity contribution in [1.82, 2.24) is 10.6 Å². The highest BCUT2D eigenvalue weighted by Gasteiger charge is 2.22. The number of hydrogen-bond acceptors (Lipinski definition) is 5. The van der Waals surface area contributed by atoms with Gasteiger partial charge in [-0.2, -0.15) is 0 Å².